The Morgan fingerprint density at radius 1 is 0.634 bits per heavy atom. The van der Waals surface area contributed by atoms with Crippen LogP contribution in [0.4, 0.5) is 38.5 Å². The number of morpholine rings is 2. The molecule has 0 saturated carbocycles. The highest BCUT2D eigenvalue weighted by Gasteiger charge is 2.31. The number of amides is 5. The first-order valence-electron chi connectivity index (χ1n) is 23.9. The number of carbonyl (C=O) groups is 3. The number of hydrogen-bond acceptors (Lipinski definition) is 17. The van der Waals surface area contributed by atoms with Crippen molar-refractivity contribution in [3.8, 4) is 28.7 Å². The van der Waals surface area contributed by atoms with Gasteiger partial charge in [-0.15, -0.1) is 11.3 Å². The van der Waals surface area contributed by atoms with E-state index in [1.807, 2.05) is 38.1 Å². The summed E-state index contributed by atoms with van der Waals surface area (Å²) in [4.78, 5) is 83.0. The van der Waals surface area contributed by atoms with E-state index in [0.717, 1.165) is 64.8 Å². The van der Waals surface area contributed by atoms with Crippen molar-refractivity contribution in [2.75, 3.05) is 111 Å². The molecule has 2 saturated heterocycles. The van der Waals surface area contributed by atoms with Crippen molar-refractivity contribution >= 4 is 58.3 Å². The van der Waals surface area contributed by atoms with Gasteiger partial charge in [-0.1, -0.05) is 0 Å². The van der Waals surface area contributed by atoms with E-state index in [-0.39, 0.29) is 19.0 Å². The number of fused-ring (bicyclic) bond motifs is 2. The molecule has 4 aromatic heterocycles. The van der Waals surface area contributed by atoms with Crippen LogP contribution in [0.2, 0.25) is 0 Å². The lowest BCUT2D eigenvalue weighted by Crippen LogP contribution is -2.52. The van der Waals surface area contributed by atoms with Gasteiger partial charge >= 0.3 is 12.1 Å². The van der Waals surface area contributed by atoms with Crippen molar-refractivity contribution in [2.45, 2.75) is 39.8 Å². The fourth-order valence-electron chi connectivity index (χ4n) is 9.19. The van der Waals surface area contributed by atoms with Gasteiger partial charge in [0.2, 0.25) is 11.8 Å². The minimum atomic E-state index is -0.477. The summed E-state index contributed by atoms with van der Waals surface area (Å²) in [5, 5.41) is 10.9. The Morgan fingerprint density at radius 2 is 1.17 bits per heavy atom. The van der Waals surface area contributed by atoms with Gasteiger partial charge in [0.25, 0.3) is 5.91 Å². The van der Waals surface area contributed by atoms with Gasteiger partial charge in [-0.2, -0.15) is 4.98 Å². The molecule has 0 radical (unpaired) electrons. The van der Waals surface area contributed by atoms with Crippen molar-refractivity contribution < 1.29 is 28.6 Å². The Morgan fingerprint density at radius 3 is 1.68 bits per heavy atom. The molecular weight excluding hydrogens is 927 g/mol. The number of hydrazine groups is 1. The number of benzene rings is 2. The summed E-state index contributed by atoms with van der Waals surface area (Å²) in [6, 6.07) is 15.4. The fraction of sp³-hybridized carbons (Fsp3) is 0.388. The van der Waals surface area contributed by atoms with E-state index in [1.54, 1.807) is 60.1 Å². The maximum Gasteiger partial charge on any atom is 0.340 e. The molecule has 8 heterocycles. The molecule has 2 aromatic carbocycles. The number of urea groups is 2. The number of methoxy groups -OCH3 is 1. The number of aromatic nitrogens is 7. The highest BCUT2D eigenvalue weighted by atomic mass is 32.1. The molecule has 0 unspecified atom stereocenters. The van der Waals surface area contributed by atoms with E-state index < -0.39 is 12.1 Å². The molecule has 0 aliphatic carbocycles. The van der Waals surface area contributed by atoms with Gasteiger partial charge in [-0.3, -0.25) is 4.79 Å². The first kappa shape index (κ1) is 47.1. The average Bonchev–Trinajstić information content (AvgIpc) is 3.97. The highest BCUT2D eigenvalue weighted by Crippen LogP contribution is 2.34. The topological polar surface area (TPSA) is 213 Å². The van der Waals surface area contributed by atoms with Gasteiger partial charge in [0.05, 0.1) is 58.0 Å². The van der Waals surface area contributed by atoms with Crippen molar-refractivity contribution in [2.24, 2.45) is 0 Å². The molecular formula is C49H55N15O6S. The third-order valence-corrected chi connectivity index (χ3v) is 13.6. The summed E-state index contributed by atoms with van der Waals surface area (Å²) < 4.78 is 16.7. The van der Waals surface area contributed by atoms with Crippen molar-refractivity contribution in [1.82, 2.24) is 49.8 Å². The van der Waals surface area contributed by atoms with Gasteiger partial charge in [-0.05, 0) is 75.2 Å². The smallest absolute Gasteiger partial charge is 0.340 e. The minimum absolute atomic E-state index is 0.112. The largest absolute Gasteiger partial charge is 0.481 e. The molecule has 2 N–H and O–H groups in total. The number of rotatable bonds is 11. The van der Waals surface area contributed by atoms with E-state index in [1.165, 1.54) is 21.4 Å². The van der Waals surface area contributed by atoms with Crippen LogP contribution < -0.4 is 30.1 Å². The van der Waals surface area contributed by atoms with E-state index in [4.69, 9.17) is 34.1 Å². The van der Waals surface area contributed by atoms with Gasteiger partial charge in [0.1, 0.15) is 11.6 Å². The normalized spacial score (nSPS) is 15.6. The third kappa shape index (κ3) is 10.2. The third-order valence-electron chi connectivity index (χ3n) is 12.9. The molecule has 4 aliphatic heterocycles. The summed E-state index contributed by atoms with van der Waals surface area (Å²) in [6.45, 7) is 11.5. The van der Waals surface area contributed by atoms with Gasteiger partial charge in [-0.25, -0.2) is 49.5 Å². The number of hydrogen-bond donors (Lipinski definition) is 2. The Hall–Kier alpha value is -7.56. The first-order chi connectivity index (χ1) is 34.8. The van der Waals surface area contributed by atoms with Crippen LogP contribution in [-0.4, -0.2) is 154 Å². The molecule has 21 nitrogen and oxygen atoms in total. The summed E-state index contributed by atoms with van der Waals surface area (Å²) >= 11 is 1.33. The predicted octanol–water partition coefficient (Wildman–Crippen LogP) is 5.61. The van der Waals surface area contributed by atoms with Gasteiger partial charge < -0.3 is 44.4 Å². The number of anilines is 5. The molecule has 6 aromatic rings. The quantitative estimate of drug-likeness (QED) is 0.151. The van der Waals surface area contributed by atoms with Crippen LogP contribution in [0.1, 0.15) is 46.2 Å². The molecule has 10 rings (SSSR count). The van der Waals surface area contributed by atoms with E-state index in [2.05, 4.69) is 40.3 Å². The van der Waals surface area contributed by atoms with Crippen LogP contribution in [-0.2, 0) is 35.4 Å². The zero-order valence-electron chi connectivity index (χ0n) is 39.9. The van der Waals surface area contributed by atoms with Gasteiger partial charge in [0.15, 0.2) is 16.7 Å². The first-order valence-corrected chi connectivity index (χ1v) is 24.8. The Bertz CT molecular complexity index is 2860. The molecule has 2 fully saturated rings. The summed E-state index contributed by atoms with van der Waals surface area (Å²) in [6.07, 6.45) is 4.68. The molecule has 0 atom stereocenters. The van der Waals surface area contributed by atoms with Crippen LogP contribution >= 0.6 is 11.3 Å². The number of thiazole rings is 1. The Labute approximate surface area is 414 Å². The van der Waals surface area contributed by atoms with Crippen LogP contribution in [0.25, 0.3) is 22.8 Å². The molecule has 5 amide bonds. The fourth-order valence-corrected chi connectivity index (χ4v) is 9.79. The minimum Gasteiger partial charge on any atom is -0.481 e. The number of ether oxygens (including phenoxy) is 3. The second kappa shape index (κ2) is 21.2. The lowest BCUT2D eigenvalue weighted by Gasteiger charge is -2.34. The molecule has 71 heavy (non-hydrogen) atoms. The molecule has 368 valence electrons. The molecule has 0 spiro atoms. The second-order valence-electron chi connectivity index (χ2n) is 17.1. The second-order valence-corrected chi connectivity index (χ2v) is 18.0. The van der Waals surface area contributed by atoms with Crippen LogP contribution in [0.5, 0.6) is 5.88 Å². The number of nitrogens with one attached hydrogen (secondary N) is 2. The van der Waals surface area contributed by atoms with Crippen LogP contribution in [0.15, 0.2) is 72.4 Å². The summed E-state index contributed by atoms with van der Waals surface area (Å²) in [5.41, 5.74) is 6.44. The number of nitrogens with zero attached hydrogens (tertiary/aromatic N) is 13. The highest BCUT2D eigenvalue weighted by molar-refractivity contribution is 7.11. The Kier molecular flexibility index (Phi) is 14.1. The lowest BCUT2D eigenvalue weighted by molar-refractivity contribution is 0.0679. The lowest BCUT2D eigenvalue weighted by atomic mass is 10.0. The molecule has 22 heteroatoms. The summed E-state index contributed by atoms with van der Waals surface area (Å²) in [5.74, 6) is 3.80. The zero-order chi connectivity index (χ0) is 48.8. The zero-order valence-corrected chi connectivity index (χ0v) is 40.7. The van der Waals surface area contributed by atoms with Crippen molar-refractivity contribution in [1.29, 1.82) is 0 Å². The molecule has 4 aliphatic rings. The van der Waals surface area contributed by atoms with Gasteiger partial charge in [0, 0.05) is 110 Å². The SMILES string of the molecule is CCN(C(=O)Nc1ccc(-c2nc3c(c(N4CCOCC4)n2)CCN(C(=O)c2nccs2)C3)cc1)N(CC)C(=O)Nc1ccc(-c2nc3c(c(N4CCOCC4)n2)CCN(c2nccc(OC)n2)C3)cc1. The van der Waals surface area contributed by atoms with Crippen LogP contribution in [0.3, 0.4) is 0 Å². The molecule has 0 bridgehead atoms. The maximum absolute atomic E-state index is 13.9. The standard InChI is InChI=1S/C49H55N15O6S/c1-4-63(48(66)52-34-10-6-32(7-11-34)41-54-38-30-61(46(65)45-50-18-29-71-45)19-15-36(38)43(57-41)59-21-25-69-26-22-59)64(5-2)49(67)53-35-12-8-33(9-13-35)42-55-39-31-62(47-51-17-14-40(56-47)68-3)20-16-37(39)44(58-42)60-23-27-70-28-24-60/h6-14,17-18,29H,4-5,15-16,19-28,30-31H2,1-3H3,(H,52,66)(H,53,67). The summed E-state index contributed by atoms with van der Waals surface area (Å²) in [7, 11) is 1.59. The van der Waals surface area contributed by atoms with Crippen molar-refractivity contribution in [3.63, 3.8) is 0 Å². The van der Waals surface area contributed by atoms with E-state index in [9.17, 15) is 14.4 Å². The average molecular weight is 982 g/mol. The van der Waals surface area contributed by atoms with E-state index >= 15 is 0 Å². The van der Waals surface area contributed by atoms with Crippen LogP contribution in [0, 0.1) is 0 Å². The predicted molar refractivity (Wildman–Crippen MR) is 268 cm³/mol. The maximum atomic E-state index is 13.9. The monoisotopic (exact) mass is 981 g/mol. The number of carbonyl (C=O) groups excluding carboxylic acids is 3. The van der Waals surface area contributed by atoms with E-state index in [0.29, 0.717) is 112 Å². The van der Waals surface area contributed by atoms with Crippen molar-refractivity contribution in [3.05, 3.63) is 99.9 Å². The Balaban J connectivity index is 0.817.